The molecule has 0 saturated heterocycles. The fourth-order valence-corrected chi connectivity index (χ4v) is 1.62. The molecule has 108 valence electrons. The summed E-state index contributed by atoms with van der Waals surface area (Å²) in [5, 5.41) is 19.0. The number of pyridine rings is 1. The van der Waals surface area contributed by atoms with Gasteiger partial charge in [-0.1, -0.05) is 23.2 Å². The summed E-state index contributed by atoms with van der Waals surface area (Å²) >= 11 is 11.0. The quantitative estimate of drug-likeness (QED) is 0.182. The molecule has 0 atom stereocenters. The highest BCUT2D eigenvalue weighted by Gasteiger charge is 2.23. The summed E-state index contributed by atoms with van der Waals surface area (Å²) in [6, 6.07) is 0.711. The highest BCUT2D eigenvalue weighted by Crippen LogP contribution is 2.22. The summed E-state index contributed by atoms with van der Waals surface area (Å²) in [4.78, 5) is 26.4. The normalized spacial score (nSPS) is 11.3. The van der Waals surface area contributed by atoms with Gasteiger partial charge in [0, 0.05) is 12.7 Å². The first-order chi connectivity index (χ1) is 9.38. The van der Waals surface area contributed by atoms with Crippen molar-refractivity contribution in [2.75, 3.05) is 13.2 Å². The molecule has 0 radical (unpaired) electrons. The summed E-state index contributed by atoms with van der Waals surface area (Å²) in [6.45, 7) is -0.208. The maximum Gasteiger partial charge on any atom is 0.341 e. The first kappa shape index (κ1) is 16.4. The number of nitrogens with one attached hydrogen (secondary N) is 1. The zero-order chi connectivity index (χ0) is 15.3. The lowest BCUT2D eigenvalue weighted by Crippen LogP contribution is -2.19. The van der Waals surface area contributed by atoms with E-state index in [1.54, 1.807) is 0 Å². The maximum atomic E-state index is 13.3. The van der Waals surface area contributed by atoms with Crippen LogP contribution >= 0.6 is 23.2 Å². The molecule has 1 heterocycles. The van der Waals surface area contributed by atoms with E-state index < -0.39 is 39.0 Å². The molecule has 1 aromatic heterocycles. The average Bonchev–Trinajstić information content (AvgIpc) is 2.38. The van der Waals surface area contributed by atoms with Crippen LogP contribution in [0.3, 0.4) is 0 Å². The molecule has 0 bridgehead atoms. The van der Waals surface area contributed by atoms with E-state index in [9.17, 15) is 14.0 Å². The topological polar surface area (TPSA) is 99.5 Å². The van der Waals surface area contributed by atoms with E-state index in [2.05, 4.69) is 10.3 Å². The van der Waals surface area contributed by atoms with Crippen molar-refractivity contribution in [1.82, 2.24) is 10.3 Å². The number of ketones is 1. The third-order valence-electron chi connectivity index (χ3n) is 2.11. The van der Waals surface area contributed by atoms with E-state index in [0.717, 1.165) is 6.20 Å². The Balaban J connectivity index is 3.16. The summed E-state index contributed by atoms with van der Waals surface area (Å²) in [6.07, 6.45) is 0.893. The Morgan fingerprint density at radius 1 is 1.40 bits per heavy atom. The molecule has 9 heteroatoms. The first-order valence-electron chi connectivity index (χ1n) is 5.22. The number of carbonyl (C=O) groups is 2. The zero-order valence-electron chi connectivity index (χ0n) is 9.86. The van der Waals surface area contributed by atoms with Gasteiger partial charge in [0.1, 0.15) is 10.7 Å². The van der Waals surface area contributed by atoms with Gasteiger partial charge in [-0.05, 0) is 6.07 Å². The number of carboxylic acid groups (broad SMARTS) is 1. The lowest BCUT2D eigenvalue weighted by molar-refractivity contribution is -0.132. The molecule has 20 heavy (non-hydrogen) atoms. The Morgan fingerprint density at radius 2 is 2.05 bits per heavy atom. The molecule has 0 saturated carbocycles. The SMILES string of the molecule is O=C(O)C(=CNCCO)C(=O)c1cc(F)c(Cl)nc1Cl. The van der Waals surface area contributed by atoms with Crippen LogP contribution in [-0.2, 0) is 4.79 Å². The molecular formula is C11H9Cl2FN2O4. The molecule has 0 aliphatic heterocycles. The largest absolute Gasteiger partial charge is 0.477 e. The Kier molecular flexibility index (Phi) is 5.87. The minimum Gasteiger partial charge on any atom is -0.477 e. The van der Waals surface area contributed by atoms with Crippen molar-refractivity contribution >= 4 is 35.0 Å². The van der Waals surface area contributed by atoms with Crippen LogP contribution in [0.1, 0.15) is 10.4 Å². The minimum absolute atomic E-state index is 0.0466. The molecule has 0 unspecified atom stereocenters. The van der Waals surface area contributed by atoms with Crippen LogP contribution in [0.15, 0.2) is 17.8 Å². The number of aliphatic carboxylic acids is 1. The molecule has 1 aromatic rings. The molecule has 1 rings (SSSR count). The van der Waals surface area contributed by atoms with E-state index in [1.807, 2.05) is 0 Å². The smallest absolute Gasteiger partial charge is 0.341 e. The number of hydrogen-bond donors (Lipinski definition) is 3. The van der Waals surface area contributed by atoms with Gasteiger partial charge in [0.05, 0.1) is 12.2 Å². The second-order valence-electron chi connectivity index (χ2n) is 3.47. The maximum absolute atomic E-state index is 13.3. The second kappa shape index (κ2) is 7.18. The van der Waals surface area contributed by atoms with Crippen molar-refractivity contribution in [3.63, 3.8) is 0 Å². The summed E-state index contributed by atoms with van der Waals surface area (Å²) in [5.74, 6) is -3.56. The molecular weight excluding hydrogens is 314 g/mol. The van der Waals surface area contributed by atoms with E-state index in [4.69, 9.17) is 33.4 Å². The second-order valence-corrected chi connectivity index (χ2v) is 4.19. The van der Waals surface area contributed by atoms with Crippen LogP contribution < -0.4 is 5.32 Å². The highest BCUT2D eigenvalue weighted by atomic mass is 35.5. The summed E-state index contributed by atoms with van der Waals surface area (Å²) in [7, 11) is 0. The molecule has 0 aliphatic rings. The van der Waals surface area contributed by atoms with E-state index >= 15 is 0 Å². The van der Waals surface area contributed by atoms with Crippen molar-refractivity contribution in [3.8, 4) is 0 Å². The molecule has 0 spiro atoms. The zero-order valence-corrected chi connectivity index (χ0v) is 11.4. The Hall–Kier alpha value is -1.70. The third-order valence-corrected chi connectivity index (χ3v) is 2.66. The molecule has 6 nitrogen and oxygen atoms in total. The average molecular weight is 323 g/mol. The van der Waals surface area contributed by atoms with Crippen molar-refractivity contribution in [2.24, 2.45) is 0 Å². The Bertz CT molecular complexity index is 578. The number of halogens is 3. The van der Waals surface area contributed by atoms with E-state index in [1.165, 1.54) is 0 Å². The minimum atomic E-state index is -1.54. The predicted molar refractivity (Wildman–Crippen MR) is 69.4 cm³/mol. The summed E-state index contributed by atoms with van der Waals surface area (Å²) < 4.78 is 13.3. The van der Waals surface area contributed by atoms with Gasteiger partial charge in [-0.3, -0.25) is 4.79 Å². The first-order valence-corrected chi connectivity index (χ1v) is 5.98. The Labute approximate surface area is 122 Å². The van der Waals surface area contributed by atoms with Crippen LogP contribution in [0.5, 0.6) is 0 Å². The predicted octanol–water partition coefficient (Wildman–Crippen LogP) is 1.26. The van der Waals surface area contributed by atoms with Gasteiger partial charge < -0.3 is 15.5 Å². The lowest BCUT2D eigenvalue weighted by atomic mass is 10.1. The third kappa shape index (κ3) is 3.89. The van der Waals surface area contributed by atoms with Crippen LogP contribution in [0.2, 0.25) is 10.3 Å². The number of rotatable bonds is 6. The van der Waals surface area contributed by atoms with Crippen molar-refractivity contribution in [1.29, 1.82) is 0 Å². The van der Waals surface area contributed by atoms with Crippen molar-refractivity contribution in [2.45, 2.75) is 0 Å². The molecule has 3 N–H and O–H groups in total. The highest BCUT2D eigenvalue weighted by molar-refractivity contribution is 6.37. The van der Waals surface area contributed by atoms with Crippen LogP contribution in [0, 0.1) is 5.82 Å². The van der Waals surface area contributed by atoms with Crippen LogP contribution in [-0.4, -0.2) is 40.1 Å². The van der Waals surface area contributed by atoms with Crippen LogP contribution in [0.25, 0.3) is 0 Å². The number of nitrogens with zero attached hydrogens (tertiary/aromatic N) is 1. The van der Waals surface area contributed by atoms with Gasteiger partial charge in [-0.25, -0.2) is 14.2 Å². The number of aromatic nitrogens is 1. The number of aliphatic hydroxyl groups is 1. The van der Waals surface area contributed by atoms with Crippen molar-refractivity contribution < 1.29 is 24.2 Å². The molecule has 0 fully saturated rings. The number of aliphatic hydroxyl groups excluding tert-OH is 1. The van der Waals surface area contributed by atoms with Gasteiger partial charge in [0.2, 0.25) is 5.78 Å². The van der Waals surface area contributed by atoms with Gasteiger partial charge in [-0.15, -0.1) is 0 Å². The van der Waals surface area contributed by atoms with E-state index in [-0.39, 0.29) is 13.2 Å². The van der Waals surface area contributed by atoms with Gasteiger partial charge >= 0.3 is 5.97 Å². The number of hydrogen-bond acceptors (Lipinski definition) is 5. The summed E-state index contributed by atoms with van der Waals surface area (Å²) in [5.41, 5.74) is -1.10. The molecule has 0 aliphatic carbocycles. The Morgan fingerprint density at radius 3 is 2.60 bits per heavy atom. The molecule has 0 amide bonds. The number of carboxylic acids is 1. The number of Topliss-reactive ketones (excluding diaryl/α,β-unsaturated/α-hetero) is 1. The van der Waals surface area contributed by atoms with Gasteiger partial charge in [0.15, 0.2) is 11.0 Å². The van der Waals surface area contributed by atoms with Gasteiger partial charge in [0.25, 0.3) is 0 Å². The monoisotopic (exact) mass is 322 g/mol. The number of carbonyl (C=O) groups excluding carboxylic acids is 1. The fourth-order valence-electron chi connectivity index (χ4n) is 1.21. The van der Waals surface area contributed by atoms with Gasteiger partial charge in [-0.2, -0.15) is 0 Å². The van der Waals surface area contributed by atoms with Crippen molar-refractivity contribution in [3.05, 3.63) is 39.5 Å². The molecule has 0 aromatic carbocycles. The van der Waals surface area contributed by atoms with E-state index in [0.29, 0.717) is 6.07 Å². The lowest BCUT2D eigenvalue weighted by Gasteiger charge is -2.06. The fraction of sp³-hybridized carbons (Fsp3) is 0.182. The standard InChI is InChI=1S/C11H9Cl2FN2O4/c12-9-5(3-7(14)10(13)16-9)8(18)6(11(19)20)4-15-1-2-17/h3-4,15,17H,1-2H2,(H,19,20). The van der Waals surface area contributed by atoms with Crippen LogP contribution in [0.4, 0.5) is 4.39 Å².